The van der Waals surface area contributed by atoms with E-state index in [9.17, 15) is 14.4 Å². The fourth-order valence-corrected chi connectivity index (χ4v) is 6.87. The van der Waals surface area contributed by atoms with E-state index in [1.807, 2.05) is 18.2 Å². The zero-order valence-electron chi connectivity index (χ0n) is 26.2. The number of amides is 3. The molecule has 10 heteroatoms. The summed E-state index contributed by atoms with van der Waals surface area (Å²) in [6.07, 6.45) is 18.3. The van der Waals surface area contributed by atoms with E-state index >= 15 is 0 Å². The molecule has 4 aliphatic rings. The van der Waals surface area contributed by atoms with Gasteiger partial charge in [0, 0.05) is 29.6 Å². The van der Waals surface area contributed by atoms with E-state index in [4.69, 9.17) is 9.72 Å². The standard InChI is InChI=1S/C36H40N6O4/c1-22-19-38-31(20-37-22)33(43)39-29-16-6-4-2-3-5-11-23-17-30(23)40-34(44)32-18-24(21-42(32)36(29)45)46-35-27-14-8-7-12-25(27)26-13-9-10-15-28(26)41-35/h5,7,9-13,15,19-20,23-24,29-30,32H,2-4,6,8,14,16-18,21H2,1H3,(H,39,43)(H,40,44)/b11-5-/t23?,24-,29+,30-,32+/m1/s1. The quantitative estimate of drug-likeness (QED) is 0.413. The molecule has 1 saturated carbocycles. The third-order valence-corrected chi connectivity index (χ3v) is 9.50. The van der Waals surface area contributed by atoms with Gasteiger partial charge in [-0.1, -0.05) is 55.3 Å². The molecule has 4 heterocycles. The molecule has 7 rings (SSSR count). The minimum Gasteiger partial charge on any atom is -0.472 e. The lowest BCUT2D eigenvalue weighted by molar-refractivity contribution is -0.140. The number of para-hydroxylation sites is 1. The van der Waals surface area contributed by atoms with Crippen molar-refractivity contribution in [1.82, 2.24) is 30.5 Å². The summed E-state index contributed by atoms with van der Waals surface area (Å²) in [5, 5.41) is 7.20. The van der Waals surface area contributed by atoms with Crippen LogP contribution in [0.5, 0.6) is 5.88 Å². The van der Waals surface area contributed by atoms with E-state index in [1.165, 1.54) is 12.4 Å². The molecule has 2 aliphatic heterocycles. The van der Waals surface area contributed by atoms with Crippen LogP contribution in [0.3, 0.4) is 0 Å². The normalized spacial score (nSPS) is 27.0. The van der Waals surface area contributed by atoms with Crippen molar-refractivity contribution in [1.29, 1.82) is 0 Å². The van der Waals surface area contributed by atoms with E-state index < -0.39 is 24.1 Å². The molecule has 3 aromatic rings. The van der Waals surface area contributed by atoms with Gasteiger partial charge in [-0.05, 0) is 63.0 Å². The molecule has 3 amide bonds. The highest BCUT2D eigenvalue weighted by atomic mass is 16.5. The Morgan fingerprint density at radius 3 is 2.80 bits per heavy atom. The number of nitrogens with zero attached hydrogens (tertiary/aromatic N) is 4. The van der Waals surface area contributed by atoms with Gasteiger partial charge in [0.2, 0.25) is 17.7 Å². The van der Waals surface area contributed by atoms with E-state index in [-0.39, 0.29) is 30.1 Å². The average Bonchev–Trinajstić information content (AvgIpc) is 3.66. The highest BCUT2D eigenvalue weighted by Gasteiger charge is 2.46. The number of hydrogen-bond donors (Lipinski definition) is 2. The molecule has 5 atom stereocenters. The molecule has 1 unspecified atom stereocenters. The number of rotatable bonds is 4. The van der Waals surface area contributed by atoms with Gasteiger partial charge in [-0.15, -0.1) is 0 Å². The predicted molar refractivity (Wildman–Crippen MR) is 174 cm³/mol. The number of carbonyl (C=O) groups excluding carboxylic acids is 3. The zero-order valence-corrected chi connectivity index (χ0v) is 26.2. The van der Waals surface area contributed by atoms with Gasteiger partial charge in [0.05, 0.1) is 24.0 Å². The first-order chi connectivity index (χ1) is 22.4. The number of fused-ring (bicyclic) bond motifs is 5. The molecule has 0 bridgehead atoms. The van der Waals surface area contributed by atoms with Crippen molar-refractivity contribution in [2.75, 3.05) is 6.54 Å². The Hall–Kier alpha value is -4.60. The van der Waals surface area contributed by atoms with Crippen molar-refractivity contribution in [3.63, 3.8) is 0 Å². The number of carbonyl (C=O) groups is 3. The summed E-state index contributed by atoms with van der Waals surface area (Å²) in [4.78, 5) is 56.3. The Kier molecular flexibility index (Phi) is 8.51. The largest absolute Gasteiger partial charge is 0.472 e. The van der Waals surface area contributed by atoms with Crippen molar-refractivity contribution >= 4 is 34.7 Å². The molecule has 2 aliphatic carbocycles. The first-order valence-corrected chi connectivity index (χ1v) is 16.6. The average molecular weight is 621 g/mol. The SMILES string of the molecule is Cc1cnc(C(=O)N[C@H]2CCCCC/C=C\C3C[C@H]3NC(=O)[C@@H]3C[C@@H](Oc4nc5ccccc5c5c4CCC=C5)CN3C2=O)cn1. The van der Waals surface area contributed by atoms with Crippen LogP contribution in [0.1, 0.15) is 78.7 Å². The number of nitrogens with one attached hydrogen (secondary N) is 2. The second-order valence-electron chi connectivity index (χ2n) is 12.9. The summed E-state index contributed by atoms with van der Waals surface area (Å²) in [7, 11) is 0. The summed E-state index contributed by atoms with van der Waals surface area (Å²) in [5.41, 5.74) is 3.86. The number of hydrogen-bond acceptors (Lipinski definition) is 7. The van der Waals surface area contributed by atoms with Gasteiger partial charge in [0.25, 0.3) is 5.91 Å². The number of pyridine rings is 1. The molecule has 0 radical (unpaired) electrons. The Balaban J connectivity index is 1.17. The maximum absolute atomic E-state index is 14.3. The van der Waals surface area contributed by atoms with Crippen LogP contribution in [0.2, 0.25) is 0 Å². The Labute approximate surface area is 268 Å². The van der Waals surface area contributed by atoms with Crippen molar-refractivity contribution < 1.29 is 19.1 Å². The summed E-state index contributed by atoms with van der Waals surface area (Å²) in [6.45, 7) is 2.02. The van der Waals surface area contributed by atoms with Crippen molar-refractivity contribution in [3.8, 4) is 5.88 Å². The molecule has 2 fully saturated rings. The van der Waals surface area contributed by atoms with Crippen LogP contribution in [0.25, 0.3) is 17.0 Å². The summed E-state index contributed by atoms with van der Waals surface area (Å²) in [6, 6.07) is 6.57. The van der Waals surface area contributed by atoms with Gasteiger partial charge in [0.1, 0.15) is 23.9 Å². The van der Waals surface area contributed by atoms with Gasteiger partial charge in [0.15, 0.2) is 0 Å². The minimum absolute atomic E-state index is 0.0716. The Morgan fingerprint density at radius 2 is 1.93 bits per heavy atom. The van der Waals surface area contributed by atoms with Crippen LogP contribution < -0.4 is 15.4 Å². The predicted octanol–water partition coefficient (Wildman–Crippen LogP) is 4.46. The lowest BCUT2D eigenvalue weighted by Gasteiger charge is -2.28. The van der Waals surface area contributed by atoms with Gasteiger partial charge in [-0.3, -0.25) is 19.4 Å². The first-order valence-electron chi connectivity index (χ1n) is 16.6. The molecule has 1 saturated heterocycles. The lowest BCUT2D eigenvalue weighted by Crippen LogP contribution is -2.54. The van der Waals surface area contributed by atoms with Crippen LogP contribution in [-0.2, 0) is 16.0 Å². The minimum atomic E-state index is -0.810. The first kappa shape index (κ1) is 30.1. The second-order valence-corrected chi connectivity index (χ2v) is 12.9. The zero-order chi connectivity index (χ0) is 31.6. The lowest BCUT2D eigenvalue weighted by atomic mass is 9.95. The molecule has 1 aromatic carbocycles. The highest BCUT2D eigenvalue weighted by molar-refractivity contribution is 5.97. The van der Waals surface area contributed by atoms with Crippen LogP contribution in [0.4, 0.5) is 0 Å². The molecular formula is C36H40N6O4. The summed E-state index contributed by atoms with van der Waals surface area (Å²) < 4.78 is 6.62. The summed E-state index contributed by atoms with van der Waals surface area (Å²) in [5.74, 6) is -0.0253. The van der Waals surface area contributed by atoms with Gasteiger partial charge in [-0.25, -0.2) is 9.97 Å². The van der Waals surface area contributed by atoms with E-state index in [1.54, 1.807) is 11.8 Å². The van der Waals surface area contributed by atoms with E-state index in [0.29, 0.717) is 30.3 Å². The molecule has 2 aromatic heterocycles. The highest BCUT2D eigenvalue weighted by Crippen LogP contribution is 2.36. The number of aromatic nitrogens is 3. The fraction of sp³-hybridized carbons (Fsp3) is 0.444. The molecular weight excluding hydrogens is 580 g/mol. The smallest absolute Gasteiger partial charge is 0.272 e. The van der Waals surface area contributed by atoms with Gasteiger partial charge < -0.3 is 20.3 Å². The topological polar surface area (TPSA) is 126 Å². The molecule has 46 heavy (non-hydrogen) atoms. The van der Waals surface area contributed by atoms with E-state index in [2.05, 4.69) is 51.0 Å². The number of benzene rings is 1. The Morgan fingerprint density at radius 1 is 1.04 bits per heavy atom. The maximum atomic E-state index is 14.3. The van der Waals surface area contributed by atoms with Crippen LogP contribution in [0, 0.1) is 12.8 Å². The molecule has 0 spiro atoms. The van der Waals surface area contributed by atoms with Crippen molar-refractivity contribution in [3.05, 3.63) is 77.4 Å². The fourth-order valence-electron chi connectivity index (χ4n) is 6.87. The van der Waals surface area contributed by atoms with E-state index in [0.717, 1.165) is 67.0 Å². The van der Waals surface area contributed by atoms with Crippen molar-refractivity contribution in [2.24, 2.45) is 5.92 Å². The van der Waals surface area contributed by atoms with Crippen LogP contribution in [-0.4, -0.2) is 68.3 Å². The van der Waals surface area contributed by atoms with Crippen LogP contribution >= 0.6 is 0 Å². The number of ether oxygens (including phenoxy) is 1. The van der Waals surface area contributed by atoms with Gasteiger partial charge in [-0.2, -0.15) is 0 Å². The molecule has 10 nitrogen and oxygen atoms in total. The third-order valence-electron chi connectivity index (χ3n) is 9.50. The third kappa shape index (κ3) is 6.38. The van der Waals surface area contributed by atoms with Gasteiger partial charge >= 0.3 is 0 Å². The van der Waals surface area contributed by atoms with Crippen molar-refractivity contribution in [2.45, 2.75) is 88.9 Å². The van der Waals surface area contributed by atoms with Crippen LogP contribution in [0.15, 0.2) is 54.9 Å². The second kappa shape index (κ2) is 13.0. The maximum Gasteiger partial charge on any atom is 0.272 e. The number of aryl methyl sites for hydroxylation is 1. The molecule has 2 N–H and O–H groups in total. The summed E-state index contributed by atoms with van der Waals surface area (Å²) >= 11 is 0. The number of allylic oxidation sites excluding steroid dienone is 2. The Bertz CT molecular complexity index is 1700. The molecule has 238 valence electrons. The monoisotopic (exact) mass is 620 g/mol.